The third-order valence-electron chi connectivity index (χ3n) is 3.75. The number of aromatic nitrogens is 2. The summed E-state index contributed by atoms with van der Waals surface area (Å²) in [6.07, 6.45) is 3.16. The van der Waals surface area contributed by atoms with Gasteiger partial charge in [0.2, 0.25) is 0 Å². The maximum atomic E-state index is 13.4. The Labute approximate surface area is 128 Å². The molecule has 22 heavy (non-hydrogen) atoms. The molecule has 1 amide bonds. The van der Waals surface area contributed by atoms with E-state index in [1.807, 2.05) is 17.7 Å². The van der Waals surface area contributed by atoms with E-state index in [1.54, 1.807) is 6.07 Å². The molecule has 1 aliphatic heterocycles. The van der Waals surface area contributed by atoms with Crippen molar-refractivity contribution in [2.75, 3.05) is 17.2 Å². The minimum absolute atomic E-state index is 0.313. The molecule has 0 atom stereocenters. The monoisotopic (exact) mass is 302 g/mol. The molecule has 6 heteroatoms. The van der Waals surface area contributed by atoms with Crippen molar-refractivity contribution < 1.29 is 9.18 Å². The van der Waals surface area contributed by atoms with Crippen LogP contribution >= 0.6 is 0 Å². The SMILES string of the molecule is CCNc1ccc(F)cc1NC(=O)c1cc2n(n1)CCCC2. The molecule has 116 valence electrons. The summed E-state index contributed by atoms with van der Waals surface area (Å²) in [5.41, 5.74) is 2.59. The van der Waals surface area contributed by atoms with E-state index in [0.29, 0.717) is 23.6 Å². The number of hydrogen-bond donors (Lipinski definition) is 2. The Bertz CT molecular complexity index is 672. The highest BCUT2D eigenvalue weighted by Gasteiger charge is 2.17. The van der Waals surface area contributed by atoms with Crippen LogP contribution in [0.25, 0.3) is 0 Å². The molecule has 3 rings (SSSR count). The number of fused-ring (bicyclic) bond motifs is 1. The summed E-state index contributed by atoms with van der Waals surface area (Å²) < 4.78 is 15.3. The standard InChI is InChI=1S/C16H19FN4O/c1-2-18-13-7-6-11(17)9-14(13)19-16(22)15-10-12-5-3-4-8-21(12)20-15/h6-7,9-10,18H,2-5,8H2,1H3,(H,19,22). The number of aryl methyl sites for hydroxylation is 2. The zero-order valence-corrected chi connectivity index (χ0v) is 12.5. The van der Waals surface area contributed by atoms with Crippen molar-refractivity contribution in [3.63, 3.8) is 0 Å². The highest BCUT2D eigenvalue weighted by molar-refractivity contribution is 6.04. The van der Waals surface area contributed by atoms with Gasteiger partial charge in [-0.25, -0.2) is 4.39 Å². The van der Waals surface area contributed by atoms with Gasteiger partial charge in [0.05, 0.1) is 11.4 Å². The minimum atomic E-state index is -0.388. The fourth-order valence-electron chi connectivity index (χ4n) is 2.68. The normalized spacial score (nSPS) is 13.5. The second-order valence-electron chi connectivity index (χ2n) is 5.38. The average Bonchev–Trinajstić information content (AvgIpc) is 2.94. The van der Waals surface area contributed by atoms with E-state index in [1.165, 1.54) is 12.1 Å². The highest BCUT2D eigenvalue weighted by Crippen LogP contribution is 2.24. The largest absolute Gasteiger partial charge is 0.384 e. The number of benzene rings is 1. The van der Waals surface area contributed by atoms with Crippen molar-refractivity contribution in [2.45, 2.75) is 32.7 Å². The first-order valence-electron chi connectivity index (χ1n) is 7.59. The van der Waals surface area contributed by atoms with Gasteiger partial charge in [0, 0.05) is 18.8 Å². The third-order valence-corrected chi connectivity index (χ3v) is 3.75. The first-order valence-corrected chi connectivity index (χ1v) is 7.59. The van der Waals surface area contributed by atoms with E-state index < -0.39 is 0 Å². The quantitative estimate of drug-likeness (QED) is 0.912. The highest BCUT2D eigenvalue weighted by atomic mass is 19.1. The number of hydrogen-bond acceptors (Lipinski definition) is 3. The maximum Gasteiger partial charge on any atom is 0.276 e. The van der Waals surface area contributed by atoms with E-state index in [4.69, 9.17) is 0 Å². The van der Waals surface area contributed by atoms with Crippen LogP contribution in [0.4, 0.5) is 15.8 Å². The minimum Gasteiger partial charge on any atom is -0.384 e. The fraction of sp³-hybridized carbons (Fsp3) is 0.375. The van der Waals surface area contributed by atoms with E-state index in [9.17, 15) is 9.18 Å². The molecule has 0 aliphatic carbocycles. The summed E-state index contributed by atoms with van der Waals surface area (Å²) in [6, 6.07) is 6.11. The molecule has 1 aromatic heterocycles. The van der Waals surface area contributed by atoms with Crippen molar-refractivity contribution in [3.05, 3.63) is 41.5 Å². The van der Waals surface area contributed by atoms with Gasteiger partial charge in [0.1, 0.15) is 5.82 Å². The first-order chi connectivity index (χ1) is 10.7. The molecule has 0 bridgehead atoms. The summed E-state index contributed by atoms with van der Waals surface area (Å²) >= 11 is 0. The Morgan fingerprint density at radius 3 is 2.95 bits per heavy atom. The van der Waals surface area contributed by atoms with Crippen LogP contribution in [0.3, 0.4) is 0 Å². The van der Waals surface area contributed by atoms with Gasteiger partial charge in [0.25, 0.3) is 5.91 Å². The molecule has 2 aromatic rings. The van der Waals surface area contributed by atoms with Crippen LogP contribution in [0, 0.1) is 5.82 Å². The molecule has 0 spiro atoms. The molecule has 2 heterocycles. The Kier molecular flexibility index (Phi) is 4.09. The summed E-state index contributed by atoms with van der Waals surface area (Å²) in [5.74, 6) is -0.701. The Hall–Kier alpha value is -2.37. The number of amides is 1. The van der Waals surface area contributed by atoms with Crippen molar-refractivity contribution in [3.8, 4) is 0 Å². The Morgan fingerprint density at radius 2 is 2.18 bits per heavy atom. The molecule has 2 N–H and O–H groups in total. The first kappa shape index (κ1) is 14.6. The van der Waals surface area contributed by atoms with Gasteiger partial charge in [0.15, 0.2) is 5.69 Å². The zero-order chi connectivity index (χ0) is 15.5. The van der Waals surface area contributed by atoms with E-state index in [-0.39, 0.29) is 11.7 Å². The van der Waals surface area contributed by atoms with Gasteiger partial charge >= 0.3 is 0 Å². The van der Waals surface area contributed by atoms with E-state index in [0.717, 1.165) is 31.5 Å². The van der Waals surface area contributed by atoms with Gasteiger partial charge in [-0.15, -0.1) is 0 Å². The molecule has 5 nitrogen and oxygen atoms in total. The molecular weight excluding hydrogens is 283 g/mol. The topological polar surface area (TPSA) is 58.9 Å². The number of anilines is 2. The van der Waals surface area contributed by atoms with Crippen LogP contribution in [0.2, 0.25) is 0 Å². The molecule has 0 unspecified atom stereocenters. The van der Waals surface area contributed by atoms with Crippen molar-refractivity contribution in [1.82, 2.24) is 9.78 Å². The average molecular weight is 302 g/mol. The molecule has 0 fully saturated rings. The number of carbonyl (C=O) groups is 1. The molecule has 0 saturated heterocycles. The zero-order valence-electron chi connectivity index (χ0n) is 12.5. The number of nitrogens with one attached hydrogen (secondary N) is 2. The summed E-state index contributed by atoms with van der Waals surface area (Å²) in [5, 5.41) is 10.2. The van der Waals surface area contributed by atoms with Gasteiger partial charge < -0.3 is 10.6 Å². The van der Waals surface area contributed by atoms with Crippen LogP contribution in [0.15, 0.2) is 24.3 Å². The Balaban J connectivity index is 1.82. The molecule has 0 radical (unpaired) electrons. The van der Waals surface area contributed by atoms with Gasteiger partial charge in [-0.05, 0) is 50.5 Å². The number of nitrogens with zero attached hydrogens (tertiary/aromatic N) is 2. The van der Waals surface area contributed by atoms with Crippen LogP contribution in [-0.4, -0.2) is 22.2 Å². The van der Waals surface area contributed by atoms with E-state index >= 15 is 0 Å². The lowest BCUT2D eigenvalue weighted by molar-refractivity contribution is 0.102. The van der Waals surface area contributed by atoms with Crippen LogP contribution in [0.5, 0.6) is 0 Å². The summed E-state index contributed by atoms with van der Waals surface area (Å²) in [6.45, 7) is 3.48. The fourth-order valence-corrected chi connectivity index (χ4v) is 2.68. The maximum absolute atomic E-state index is 13.4. The van der Waals surface area contributed by atoms with Crippen molar-refractivity contribution >= 4 is 17.3 Å². The molecule has 0 saturated carbocycles. The summed E-state index contributed by atoms with van der Waals surface area (Å²) in [7, 11) is 0. The predicted molar refractivity (Wildman–Crippen MR) is 83.7 cm³/mol. The van der Waals surface area contributed by atoms with Crippen LogP contribution < -0.4 is 10.6 Å². The van der Waals surface area contributed by atoms with Crippen molar-refractivity contribution in [1.29, 1.82) is 0 Å². The second kappa shape index (κ2) is 6.17. The molecule has 1 aliphatic rings. The van der Waals surface area contributed by atoms with Gasteiger partial charge in [-0.1, -0.05) is 0 Å². The number of halogens is 1. The predicted octanol–water partition coefficient (Wildman–Crippen LogP) is 3.04. The number of carbonyl (C=O) groups excluding carboxylic acids is 1. The lowest BCUT2D eigenvalue weighted by Gasteiger charge is -2.12. The van der Waals surface area contributed by atoms with Crippen LogP contribution in [0.1, 0.15) is 35.9 Å². The third kappa shape index (κ3) is 2.95. The second-order valence-corrected chi connectivity index (χ2v) is 5.38. The van der Waals surface area contributed by atoms with E-state index in [2.05, 4.69) is 15.7 Å². The molecular formula is C16H19FN4O. The van der Waals surface area contributed by atoms with Gasteiger partial charge in [-0.2, -0.15) is 5.10 Å². The van der Waals surface area contributed by atoms with Crippen LogP contribution in [-0.2, 0) is 13.0 Å². The lowest BCUT2D eigenvalue weighted by atomic mass is 10.1. The Morgan fingerprint density at radius 1 is 1.32 bits per heavy atom. The van der Waals surface area contributed by atoms with Gasteiger partial charge in [-0.3, -0.25) is 9.48 Å². The number of rotatable bonds is 4. The summed E-state index contributed by atoms with van der Waals surface area (Å²) in [4.78, 5) is 12.4. The molecule has 1 aromatic carbocycles. The smallest absolute Gasteiger partial charge is 0.276 e. The van der Waals surface area contributed by atoms with Crippen molar-refractivity contribution in [2.24, 2.45) is 0 Å². The lowest BCUT2D eigenvalue weighted by Crippen LogP contribution is -2.15.